The average Bonchev–Trinajstić information content (AvgIpc) is 2.57. The van der Waals surface area contributed by atoms with Crippen molar-refractivity contribution in [3.63, 3.8) is 0 Å². The molecule has 9 heteroatoms. The van der Waals surface area contributed by atoms with Crippen LogP contribution in [0.2, 0.25) is 0 Å². The van der Waals surface area contributed by atoms with E-state index in [4.69, 9.17) is 4.74 Å². The summed E-state index contributed by atoms with van der Waals surface area (Å²) in [4.78, 5) is 24.0. The minimum Gasteiger partial charge on any atom is -0.493 e. The summed E-state index contributed by atoms with van der Waals surface area (Å²) < 4.78 is 38.5. The molecular formula is C15H19F2NO5S. The summed E-state index contributed by atoms with van der Waals surface area (Å²) in [6.07, 6.45) is 2.28. The monoisotopic (exact) mass is 363 g/mol. The highest BCUT2D eigenvalue weighted by molar-refractivity contribution is 7.98. The molecule has 0 radical (unpaired) electrons. The van der Waals surface area contributed by atoms with E-state index in [-0.39, 0.29) is 17.1 Å². The molecule has 0 spiro atoms. The number of nitrogens with one attached hydrogen (secondary N) is 1. The smallest absolute Gasteiger partial charge is 0.387 e. The quantitative estimate of drug-likeness (QED) is 0.679. The van der Waals surface area contributed by atoms with Crippen LogP contribution >= 0.6 is 11.8 Å². The van der Waals surface area contributed by atoms with Gasteiger partial charge in [-0.1, -0.05) is 0 Å². The van der Waals surface area contributed by atoms with Gasteiger partial charge < -0.3 is 19.5 Å². The first-order chi connectivity index (χ1) is 11.4. The van der Waals surface area contributed by atoms with Crippen LogP contribution in [0.25, 0.3) is 0 Å². The Hall–Kier alpha value is -2.03. The van der Waals surface area contributed by atoms with Gasteiger partial charge in [-0.2, -0.15) is 20.5 Å². The molecule has 0 fully saturated rings. The lowest BCUT2D eigenvalue weighted by molar-refractivity contribution is -0.142. The molecule has 1 atom stereocenters. The van der Waals surface area contributed by atoms with Gasteiger partial charge in [-0.15, -0.1) is 0 Å². The van der Waals surface area contributed by atoms with Crippen molar-refractivity contribution in [2.45, 2.75) is 19.1 Å². The van der Waals surface area contributed by atoms with E-state index in [0.717, 1.165) is 0 Å². The summed E-state index contributed by atoms with van der Waals surface area (Å²) in [7, 11) is 2.51. The van der Waals surface area contributed by atoms with Crippen molar-refractivity contribution in [2.24, 2.45) is 0 Å². The van der Waals surface area contributed by atoms with E-state index in [1.165, 1.54) is 44.2 Å². The number of ether oxygens (including phenoxy) is 3. The van der Waals surface area contributed by atoms with Gasteiger partial charge in [-0.3, -0.25) is 4.79 Å². The molecule has 0 unspecified atom stereocenters. The highest BCUT2D eigenvalue weighted by Gasteiger charge is 2.22. The van der Waals surface area contributed by atoms with Crippen LogP contribution in [0.4, 0.5) is 8.78 Å². The predicted octanol–water partition coefficient (Wildman–Crippen LogP) is 2.32. The number of carbonyl (C=O) groups excluding carboxylic acids is 2. The van der Waals surface area contributed by atoms with E-state index < -0.39 is 24.5 Å². The van der Waals surface area contributed by atoms with Crippen LogP contribution in [0.15, 0.2) is 18.2 Å². The molecule has 24 heavy (non-hydrogen) atoms. The third kappa shape index (κ3) is 5.88. The van der Waals surface area contributed by atoms with E-state index in [2.05, 4.69) is 14.8 Å². The standard InChI is InChI=1S/C15H19F2NO5S/c1-21-12-8-9(4-5-11(12)23-15(16)17)13(19)18-10(6-7-24-3)14(20)22-2/h4-5,8,10,15H,6-7H2,1-3H3,(H,18,19)/t10-/m1/s1. The molecule has 6 nitrogen and oxygen atoms in total. The Bertz CT molecular complexity index is 571. The first-order valence-electron chi connectivity index (χ1n) is 6.93. The number of halogens is 2. The molecule has 0 saturated carbocycles. The molecular weight excluding hydrogens is 344 g/mol. The summed E-state index contributed by atoms with van der Waals surface area (Å²) in [6.45, 7) is -3.01. The number of rotatable bonds is 9. The molecule has 1 aromatic carbocycles. The second-order valence-electron chi connectivity index (χ2n) is 4.57. The molecule has 0 heterocycles. The largest absolute Gasteiger partial charge is 0.493 e. The van der Waals surface area contributed by atoms with Gasteiger partial charge >= 0.3 is 12.6 Å². The molecule has 0 bridgehead atoms. The molecule has 1 rings (SSSR count). The van der Waals surface area contributed by atoms with E-state index in [1.54, 1.807) is 0 Å². The first kappa shape index (κ1) is 20.0. The lowest BCUT2D eigenvalue weighted by Crippen LogP contribution is -2.41. The minimum atomic E-state index is -3.01. The minimum absolute atomic E-state index is 0.0123. The number of carbonyl (C=O) groups is 2. The molecule has 1 amide bonds. The van der Waals surface area contributed by atoms with Crippen LogP contribution in [0.1, 0.15) is 16.8 Å². The Balaban J connectivity index is 2.90. The lowest BCUT2D eigenvalue weighted by atomic mass is 10.1. The third-order valence-corrected chi connectivity index (χ3v) is 3.69. The number of amides is 1. The first-order valence-corrected chi connectivity index (χ1v) is 8.32. The Morgan fingerprint density at radius 1 is 1.25 bits per heavy atom. The molecule has 1 N–H and O–H groups in total. The fourth-order valence-corrected chi connectivity index (χ4v) is 2.34. The van der Waals surface area contributed by atoms with Crippen molar-refractivity contribution in [1.29, 1.82) is 0 Å². The van der Waals surface area contributed by atoms with Crippen molar-refractivity contribution < 1.29 is 32.6 Å². The molecule has 1 aromatic rings. The zero-order valence-electron chi connectivity index (χ0n) is 13.5. The van der Waals surface area contributed by atoms with Gasteiger partial charge in [0.1, 0.15) is 6.04 Å². The highest BCUT2D eigenvalue weighted by atomic mass is 32.2. The van der Waals surface area contributed by atoms with Crippen LogP contribution in [-0.4, -0.2) is 50.8 Å². The van der Waals surface area contributed by atoms with Crippen LogP contribution in [-0.2, 0) is 9.53 Å². The number of esters is 1. The van der Waals surface area contributed by atoms with Crippen LogP contribution in [0, 0.1) is 0 Å². The van der Waals surface area contributed by atoms with E-state index in [0.29, 0.717) is 12.2 Å². The van der Waals surface area contributed by atoms with Gasteiger partial charge in [-0.25, -0.2) is 4.79 Å². The zero-order chi connectivity index (χ0) is 18.1. The van der Waals surface area contributed by atoms with Gasteiger partial charge in [-0.05, 0) is 36.6 Å². The summed E-state index contributed by atoms with van der Waals surface area (Å²) in [5.74, 6) is -0.641. The van der Waals surface area contributed by atoms with Gasteiger partial charge in [0.05, 0.1) is 14.2 Å². The van der Waals surface area contributed by atoms with Crippen LogP contribution in [0.3, 0.4) is 0 Å². The van der Waals surface area contributed by atoms with Crippen molar-refractivity contribution in [2.75, 3.05) is 26.2 Å². The van der Waals surface area contributed by atoms with Crippen molar-refractivity contribution in [3.8, 4) is 11.5 Å². The maximum absolute atomic E-state index is 12.3. The number of benzene rings is 1. The summed E-state index contributed by atoms with van der Waals surface area (Å²) in [5.41, 5.74) is 0.145. The van der Waals surface area contributed by atoms with Crippen LogP contribution in [0.5, 0.6) is 11.5 Å². The topological polar surface area (TPSA) is 73.9 Å². The van der Waals surface area contributed by atoms with E-state index in [1.807, 2.05) is 6.26 Å². The Morgan fingerprint density at radius 2 is 1.96 bits per heavy atom. The number of hydrogen-bond donors (Lipinski definition) is 1. The van der Waals surface area contributed by atoms with Gasteiger partial charge in [0.25, 0.3) is 5.91 Å². The van der Waals surface area contributed by atoms with E-state index >= 15 is 0 Å². The van der Waals surface area contributed by atoms with Crippen molar-refractivity contribution >= 4 is 23.6 Å². The predicted molar refractivity (Wildman–Crippen MR) is 85.9 cm³/mol. The van der Waals surface area contributed by atoms with Gasteiger partial charge in [0.15, 0.2) is 11.5 Å². The van der Waals surface area contributed by atoms with Gasteiger partial charge in [0.2, 0.25) is 0 Å². The highest BCUT2D eigenvalue weighted by Crippen LogP contribution is 2.29. The zero-order valence-corrected chi connectivity index (χ0v) is 14.3. The molecule has 0 aliphatic rings. The Morgan fingerprint density at radius 3 is 2.50 bits per heavy atom. The van der Waals surface area contributed by atoms with Crippen molar-refractivity contribution in [1.82, 2.24) is 5.32 Å². The fourth-order valence-electron chi connectivity index (χ4n) is 1.87. The Kier molecular flexibility index (Phi) is 8.31. The number of methoxy groups -OCH3 is 2. The maximum Gasteiger partial charge on any atom is 0.387 e. The molecule has 0 aliphatic heterocycles. The molecule has 0 aliphatic carbocycles. The van der Waals surface area contributed by atoms with E-state index in [9.17, 15) is 18.4 Å². The Labute approximate surface area is 142 Å². The third-order valence-electron chi connectivity index (χ3n) is 3.04. The SMILES string of the molecule is COC(=O)[C@@H](CCSC)NC(=O)c1ccc(OC(F)F)c(OC)c1. The lowest BCUT2D eigenvalue weighted by Gasteiger charge is -2.17. The molecule has 0 saturated heterocycles. The van der Waals surface area contributed by atoms with Gasteiger partial charge in [0, 0.05) is 5.56 Å². The number of hydrogen-bond acceptors (Lipinski definition) is 6. The summed E-state index contributed by atoms with van der Waals surface area (Å²) in [5, 5.41) is 2.56. The second kappa shape index (κ2) is 9.96. The normalized spacial score (nSPS) is 11.8. The second-order valence-corrected chi connectivity index (χ2v) is 5.56. The molecule has 0 aromatic heterocycles. The number of thioether (sulfide) groups is 1. The molecule has 134 valence electrons. The maximum atomic E-state index is 12.3. The van der Waals surface area contributed by atoms with Crippen LogP contribution < -0.4 is 14.8 Å². The summed E-state index contributed by atoms with van der Waals surface area (Å²) in [6, 6.07) is 2.97. The fraction of sp³-hybridized carbons (Fsp3) is 0.467. The van der Waals surface area contributed by atoms with Crippen molar-refractivity contribution in [3.05, 3.63) is 23.8 Å². The summed E-state index contributed by atoms with van der Waals surface area (Å²) >= 11 is 1.53. The average molecular weight is 363 g/mol. The number of alkyl halides is 2.